The Morgan fingerprint density at radius 1 is 0.769 bits per heavy atom. The van der Waals surface area contributed by atoms with Crippen LogP contribution >= 0.6 is 0 Å². The topological polar surface area (TPSA) is 184 Å². The van der Waals surface area contributed by atoms with Gasteiger partial charge < -0.3 is 42.1 Å². The molecule has 0 unspecified atom stereocenters. The third-order valence-electron chi connectivity index (χ3n) is 0. The first-order valence-electron chi connectivity index (χ1n) is 2.25. The molecule has 0 aliphatic heterocycles. The number of nitrogens with two attached hydrogens (primary N) is 2. The molecule has 0 aromatic heterocycles. The molecule has 84 valence electrons. The van der Waals surface area contributed by atoms with Gasteiger partial charge >= 0.3 is 21.1 Å². The Balaban J connectivity index is -0.0000000226. The summed E-state index contributed by atoms with van der Waals surface area (Å²) in [6.07, 6.45) is 0. The van der Waals surface area contributed by atoms with Crippen molar-refractivity contribution in [3.63, 3.8) is 0 Å². The molecule has 0 saturated carbocycles. The van der Waals surface area contributed by atoms with Crippen molar-refractivity contribution in [2.45, 2.75) is 0 Å². The predicted octanol–water partition coefficient (Wildman–Crippen LogP) is -1.33. The number of hydrogen-bond acceptors (Lipinski definition) is 8. The van der Waals surface area contributed by atoms with E-state index in [-0.39, 0.29) is 21.1 Å². The van der Waals surface area contributed by atoms with E-state index in [2.05, 4.69) is 11.5 Å². The first-order valence-corrected chi connectivity index (χ1v) is 2.25. The summed E-state index contributed by atoms with van der Waals surface area (Å²) in [5.41, 5.74) is 9.00. The second-order valence-corrected chi connectivity index (χ2v) is 0.447. The molecule has 0 aliphatic rings. The number of rotatable bonds is 0. The van der Waals surface area contributed by atoms with Crippen LogP contribution in [-0.2, 0) is 21.1 Å². The van der Waals surface area contributed by atoms with Crippen LogP contribution in [0, 0.1) is 30.6 Å². The summed E-state index contributed by atoms with van der Waals surface area (Å²) in [4.78, 5) is 16.5. The minimum Gasteiger partial charge on any atom is -0.356 e. The standard InChI is InChI=1S/2CH5N.2NO3.Pt/c2*1-2;2*2-1(3)4;/h2*2H2,1H3;;;/q;;2*-1;+2. The second kappa shape index (κ2) is 44.0. The summed E-state index contributed by atoms with van der Waals surface area (Å²) in [5.74, 6) is 0. The van der Waals surface area contributed by atoms with Crippen molar-refractivity contribution in [1.82, 2.24) is 0 Å². The maximum atomic E-state index is 8.25. The average Bonchev–Trinajstić information content (AvgIpc) is 1.93. The van der Waals surface area contributed by atoms with Crippen molar-refractivity contribution >= 4 is 0 Å². The van der Waals surface area contributed by atoms with E-state index in [1.165, 1.54) is 14.1 Å². The van der Waals surface area contributed by atoms with Gasteiger partial charge in [0.1, 0.15) is 0 Å². The van der Waals surface area contributed by atoms with Gasteiger partial charge in [0.05, 0.1) is 10.2 Å². The smallest absolute Gasteiger partial charge is 0.356 e. The second-order valence-electron chi connectivity index (χ2n) is 0.447. The molecular formula is C2H10N4O6Pt. The van der Waals surface area contributed by atoms with E-state index < -0.39 is 10.2 Å². The first kappa shape index (κ1) is 29.6. The molecule has 4 N–H and O–H groups in total. The van der Waals surface area contributed by atoms with Gasteiger partial charge in [0.2, 0.25) is 0 Å². The van der Waals surface area contributed by atoms with E-state index in [1.807, 2.05) is 0 Å². The summed E-state index contributed by atoms with van der Waals surface area (Å²) >= 11 is 0. The SMILES string of the molecule is CN.CN.O=[N+]([O-])[O-].O=[N+]([O-])[O-].[Pt+2]. The Morgan fingerprint density at radius 3 is 0.769 bits per heavy atom. The van der Waals surface area contributed by atoms with Gasteiger partial charge in [-0.3, -0.25) is 0 Å². The monoisotopic (exact) mass is 381 g/mol. The first-order chi connectivity index (χ1) is 5.46. The van der Waals surface area contributed by atoms with Crippen LogP contribution in [0.1, 0.15) is 0 Å². The van der Waals surface area contributed by atoms with Crippen molar-refractivity contribution in [2.75, 3.05) is 14.1 Å². The van der Waals surface area contributed by atoms with Crippen LogP contribution in [0.25, 0.3) is 0 Å². The van der Waals surface area contributed by atoms with Gasteiger partial charge in [-0.05, 0) is 14.1 Å². The molecular weight excluding hydrogens is 371 g/mol. The molecule has 0 amide bonds. The molecule has 10 nitrogen and oxygen atoms in total. The predicted molar refractivity (Wildman–Crippen MR) is 40.9 cm³/mol. The molecule has 0 rings (SSSR count). The average molecular weight is 381 g/mol. The van der Waals surface area contributed by atoms with E-state index in [1.54, 1.807) is 0 Å². The van der Waals surface area contributed by atoms with E-state index in [4.69, 9.17) is 30.6 Å². The van der Waals surface area contributed by atoms with Gasteiger partial charge in [0.15, 0.2) is 0 Å². The Bertz CT molecular complexity index is 80.6. The van der Waals surface area contributed by atoms with E-state index >= 15 is 0 Å². The summed E-state index contributed by atoms with van der Waals surface area (Å²) in [6, 6.07) is 0. The molecule has 0 radical (unpaired) electrons. The van der Waals surface area contributed by atoms with Gasteiger partial charge in [0.25, 0.3) is 0 Å². The summed E-state index contributed by atoms with van der Waals surface area (Å²) < 4.78 is 0. The van der Waals surface area contributed by atoms with Gasteiger partial charge in [-0.1, -0.05) is 0 Å². The Labute approximate surface area is 88.0 Å². The van der Waals surface area contributed by atoms with Crippen LogP contribution in [0.2, 0.25) is 0 Å². The molecule has 0 fully saturated rings. The van der Waals surface area contributed by atoms with Crippen molar-refractivity contribution in [3.05, 3.63) is 30.6 Å². The van der Waals surface area contributed by atoms with Gasteiger partial charge in [-0.15, -0.1) is 0 Å². The van der Waals surface area contributed by atoms with Crippen molar-refractivity contribution in [1.29, 1.82) is 0 Å². The summed E-state index contributed by atoms with van der Waals surface area (Å²) in [6.45, 7) is 0. The van der Waals surface area contributed by atoms with Crippen molar-refractivity contribution in [2.24, 2.45) is 11.5 Å². The Morgan fingerprint density at radius 2 is 0.769 bits per heavy atom. The van der Waals surface area contributed by atoms with E-state index in [0.717, 1.165) is 0 Å². The molecule has 13 heavy (non-hydrogen) atoms. The van der Waals surface area contributed by atoms with Gasteiger partial charge in [-0.2, -0.15) is 0 Å². The van der Waals surface area contributed by atoms with Crippen LogP contribution < -0.4 is 11.5 Å². The van der Waals surface area contributed by atoms with Gasteiger partial charge in [0, 0.05) is 0 Å². The molecule has 0 aromatic carbocycles. The Hall–Kier alpha value is -0.992. The van der Waals surface area contributed by atoms with Crippen LogP contribution in [0.5, 0.6) is 0 Å². The normalized spacial score (nSPS) is 4.62. The van der Waals surface area contributed by atoms with Crippen LogP contribution in [0.3, 0.4) is 0 Å². The fraction of sp³-hybridized carbons (Fsp3) is 1.00. The van der Waals surface area contributed by atoms with E-state index in [0.29, 0.717) is 0 Å². The fourth-order valence-electron chi connectivity index (χ4n) is 0. The van der Waals surface area contributed by atoms with E-state index in [9.17, 15) is 0 Å². The zero-order chi connectivity index (χ0) is 11.2. The third kappa shape index (κ3) is 908. The maximum Gasteiger partial charge on any atom is 2.00 e. The molecule has 0 spiro atoms. The van der Waals surface area contributed by atoms with Crippen molar-refractivity contribution in [3.8, 4) is 0 Å². The maximum absolute atomic E-state index is 8.25. The summed E-state index contributed by atoms with van der Waals surface area (Å²) in [5, 5.41) is 29.5. The zero-order valence-corrected chi connectivity index (χ0v) is 9.09. The molecule has 0 atom stereocenters. The molecule has 11 heteroatoms. The fourth-order valence-corrected chi connectivity index (χ4v) is 0. The number of hydrogen-bond donors (Lipinski definition) is 2. The minimum absolute atomic E-state index is 0. The Kier molecular flexibility index (Phi) is 100. The minimum atomic E-state index is -1.75. The third-order valence-corrected chi connectivity index (χ3v) is 0. The van der Waals surface area contributed by atoms with Gasteiger partial charge in [-0.25, -0.2) is 0 Å². The molecule has 0 aromatic rings. The molecule has 0 heterocycles. The van der Waals surface area contributed by atoms with Crippen LogP contribution in [-0.4, -0.2) is 24.3 Å². The van der Waals surface area contributed by atoms with Crippen molar-refractivity contribution < 1.29 is 31.2 Å². The molecule has 0 bridgehead atoms. The molecule has 0 aliphatic carbocycles. The van der Waals surface area contributed by atoms with Crippen LogP contribution in [0.4, 0.5) is 0 Å². The molecule has 0 saturated heterocycles. The zero-order valence-electron chi connectivity index (χ0n) is 6.81. The quantitative estimate of drug-likeness (QED) is 0.382. The van der Waals surface area contributed by atoms with Crippen LogP contribution in [0.15, 0.2) is 0 Å². The largest absolute Gasteiger partial charge is 2.00 e. The summed E-state index contributed by atoms with van der Waals surface area (Å²) in [7, 11) is 3.00. The number of nitrogens with zero attached hydrogens (tertiary/aromatic N) is 2.